The van der Waals surface area contributed by atoms with Crippen LogP contribution in [0.5, 0.6) is 0 Å². The van der Waals surface area contributed by atoms with Crippen molar-refractivity contribution in [2.75, 3.05) is 5.32 Å². The van der Waals surface area contributed by atoms with E-state index in [2.05, 4.69) is 65.6 Å². The number of nitrogens with zero attached hydrogens (tertiary/aromatic N) is 1. The first-order chi connectivity index (χ1) is 24.4. The molecular weight excluding hydrogens is 710 g/mol. The number of fused-ring (bicyclic) bond motifs is 2. The summed E-state index contributed by atoms with van der Waals surface area (Å²) >= 11 is 13.2. The molecule has 1 saturated heterocycles. The molecule has 2 N–H and O–H groups in total. The Labute approximate surface area is 320 Å². The van der Waals surface area contributed by atoms with Crippen LogP contribution in [-0.4, -0.2) is 43.4 Å². The number of aliphatic hydroxyl groups excluding tert-OH is 1. The molecule has 4 aromatic carbocycles. The van der Waals surface area contributed by atoms with E-state index in [4.69, 9.17) is 27.6 Å². The van der Waals surface area contributed by atoms with E-state index in [0.717, 1.165) is 16.7 Å². The lowest BCUT2D eigenvalue weighted by atomic mass is 9.61. The van der Waals surface area contributed by atoms with E-state index in [9.17, 15) is 5.11 Å². The predicted molar refractivity (Wildman–Crippen MR) is 213 cm³/mol. The van der Waals surface area contributed by atoms with Crippen molar-refractivity contribution in [2.45, 2.75) is 108 Å². The number of rotatable bonds is 9. The van der Waals surface area contributed by atoms with Crippen molar-refractivity contribution in [1.82, 2.24) is 4.90 Å². The quantitative estimate of drug-likeness (QED) is 0.167. The van der Waals surface area contributed by atoms with Crippen molar-refractivity contribution in [3.63, 3.8) is 0 Å². The number of hydrogen-bond donors (Lipinski definition) is 2. The number of hydrogen-bond acceptors (Lipinski definition) is 4. The molecule has 6 atom stereocenters. The summed E-state index contributed by atoms with van der Waals surface area (Å²) in [5.74, 6) is -1.59. The van der Waals surface area contributed by atoms with E-state index in [1.165, 1.54) is 0 Å². The number of likely N-dealkylation sites (tertiary alicyclic amines) is 1. The van der Waals surface area contributed by atoms with Gasteiger partial charge < -0.3 is 14.8 Å². The predicted octanol–water partition coefficient (Wildman–Crippen LogP) is 10.2. The summed E-state index contributed by atoms with van der Waals surface area (Å²) in [6, 6.07) is 28.4. The van der Waals surface area contributed by atoms with E-state index in [0.29, 0.717) is 22.7 Å². The minimum absolute atomic E-state index is 0.0151. The van der Waals surface area contributed by atoms with Crippen LogP contribution in [0.2, 0.25) is 15.1 Å². The van der Waals surface area contributed by atoms with Crippen molar-refractivity contribution in [2.24, 2.45) is 5.41 Å². The van der Waals surface area contributed by atoms with Crippen molar-refractivity contribution < 1.29 is 18.7 Å². The number of amides is 1. The Morgan fingerprint density at radius 2 is 1.50 bits per heavy atom. The van der Waals surface area contributed by atoms with Gasteiger partial charge in [0.05, 0.1) is 22.8 Å². The molecule has 2 heterocycles. The molecule has 2 aliphatic rings. The molecule has 6 unspecified atom stereocenters. The molecule has 5 nitrogen and oxygen atoms in total. The second-order valence-corrected chi connectivity index (χ2v) is 21.0. The Balaban J connectivity index is 1.77. The molecule has 2 aliphatic heterocycles. The van der Waals surface area contributed by atoms with E-state index in [1.54, 1.807) is 30.3 Å². The molecule has 1 spiro atoms. The van der Waals surface area contributed by atoms with Crippen LogP contribution in [-0.2, 0) is 14.6 Å². The van der Waals surface area contributed by atoms with Crippen molar-refractivity contribution >= 4 is 44.6 Å². The second-order valence-electron chi connectivity index (χ2n) is 17.5. The number of anilines is 1. The van der Waals surface area contributed by atoms with E-state index in [1.807, 2.05) is 66.7 Å². The van der Waals surface area contributed by atoms with Crippen LogP contribution >= 0.6 is 23.2 Å². The second kappa shape index (κ2) is 14.3. The lowest BCUT2D eigenvalue weighted by molar-refractivity contribution is -0.123. The van der Waals surface area contributed by atoms with Crippen molar-refractivity contribution in [3.05, 3.63) is 135 Å². The first kappa shape index (κ1) is 38.7. The average Bonchev–Trinajstić information content (AvgIpc) is 3.52. The maximum absolute atomic E-state index is 16.9. The third-order valence-electron chi connectivity index (χ3n) is 10.7. The van der Waals surface area contributed by atoms with Crippen LogP contribution in [0.15, 0.2) is 97.1 Å². The molecule has 0 saturated carbocycles. The highest BCUT2D eigenvalue weighted by molar-refractivity contribution is 6.32. The van der Waals surface area contributed by atoms with E-state index in [-0.39, 0.29) is 21.4 Å². The van der Waals surface area contributed by atoms with Gasteiger partial charge in [0.15, 0.2) is 9.76 Å². The zero-order valence-corrected chi connectivity index (χ0v) is 34.3. The highest BCUT2D eigenvalue weighted by atomic mass is 35.5. The molecule has 6 rings (SSSR count). The van der Waals surface area contributed by atoms with Gasteiger partial charge in [-0.15, -0.1) is 0 Å². The fraction of sp³-hybridized carbons (Fsp3) is 0.419. The van der Waals surface area contributed by atoms with Crippen LogP contribution in [0.3, 0.4) is 0 Å². The minimum Gasteiger partial charge on any atom is -0.417 e. The van der Waals surface area contributed by atoms with Gasteiger partial charge in [-0.25, -0.2) is 4.39 Å². The van der Waals surface area contributed by atoms with Gasteiger partial charge in [0.25, 0.3) is 0 Å². The third kappa shape index (κ3) is 7.13. The SMILES string of the molecule is CC(C)(C)CC1N(C(c2ccccc2)C(O)c2ccccc2)C(C(C)(C)O[SiH2]C(C)(C)C)C(c2cccc(Cl)c2F)C12C(=O)Nc1cc(Cl)ccc12. The Morgan fingerprint density at radius 1 is 0.885 bits per heavy atom. The zero-order chi connectivity index (χ0) is 37.8. The molecule has 4 aromatic rings. The zero-order valence-electron chi connectivity index (χ0n) is 31.4. The Kier molecular flexibility index (Phi) is 10.6. The summed E-state index contributed by atoms with van der Waals surface area (Å²) in [6.07, 6.45) is -0.478. The summed E-state index contributed by atoms with van der Waals surface area (Å²) in [5, 5.41) is 16.4. The van der Waals surface area contributed by atoms with E-state index < -0.39 is 56.7 Å². The molecule has 52 heavy (non-hydrogen) atoms. The molecule has 0 aromatic heterocycles. The number of halogens is 3. The van der Waals surface area contributed by atoms with Gasteiger partial charge in [0.1, 0.15) is 11.2 Å². The van der Waals surface area contributed by atoms with Gasteiger partial charge in [-0.05, 0) is 71.2 Å². The van der Waals surface area contributed by atoms with E-state index >= 15 is 9.18 Å². The Bertz CT molecular complexity index is 1910. The van der Waals surface area contributed by atoms with Gasteiger partial charge >= 0.3 is 0 Å². The number of carbonyl (C=O) groups excluding carboxylic acids is 1. The van der Waals surface area contributed by atoms with Crippen molar-refractivity contribution in [3.8, 4) is 0 Å². The number of nitrogens with one attached hydrogen (secondary N) is 1. The highest BCUT2D eigenvalue weighted by Gasteiger charge is 2.71. The third-order valence-corrected chi connectivity index (χ3v) is 13.0. The molecule has 0 radical (unpaired) electrons. The van der Waals surface area contributed by atoms with Crippen LogP contribution in [0.4, 0.5) is 10.1 Å². The van der Waals surface area contributed by atoms with Crippen LogP contribution in [0.1, 0.15) is 102 Å². The van der Waals surface area contributed by atoms with Gasteiger partial charge in [-0.2, -0.15) is 0 Å². The van der Waals surface area contributed by atoms with Crippen LogP contribution in [0.25, 0.3) is 0 Å². The average molecular weight is 762 g/mol. The maximum Gasteiger partial charge on any atom is 0.237 e. The Hall–Kier alpha value is -3.04. The summed E-state index contributed by atoms with van der Waals surface area (Å²) in [5.41, 5.74) is 0.735. The van der Waals surface area contributed by atoms with Crippen molar-refractivity contribution in [1.29, 1.82) is 0 Å². The Morgan fingerprint density at radius 3 is 2.10 bits per heavy atom. The standard InChI is InChI=1S/C43H51Cl2FN2O3Si/c1-40(2,3)25-33-43(30-23-22-28(44)24-32(30)47-39(43)50)34(29-20-15-21-31(45)35(29)46)38(42(7,8)51-52-41(4,5)6)48(33)36(26-16-11-9-12-17-26)37(49)27-18-13-10-14-19-27/h9-24,33-34,36-38,49H,25,52H2,1-8H3,(H,47,50). The normalized spacial score (nSPS) is 23.7. The number of aliphatic hydroxyl groups is 1. The van der Waals surface area contributed by atoms with Gasteiger partial charge in [0, 0.05) is 28.7 Å². The molecule has 9 heteroatoms. The monoisotopic (exact) mass is 760 g/mol. The summed E-state index contributed by atoms with van der Waals surface area (Å²) in [6.45, 7) is 17.2. The highest BCUT2D eigenvalue weighted by Crippen LogP contribution is 2.64. The summed E-state index contributed by atoms with van der Waals surface area (Å²) in [4.78, 5) is 17.7. The molecule has 0 aliphatic carbocycles. The summed E-state index contributed by atoms with van der Waals surface area (Å²) < 4.78 is 24.1. The molecular formula is C43H51Cl2FN2O3Si. The van der Waals surface area contributed by atoms with Gasteiger partial charge in [-0.3, -0.25) is 9.69 Å². The lowest BCUT2D eigenvalue weighted by Gasteiger charge is -2.48. The smallest absolute Gasteiger partial charge is 0.237 e. The number of benzene rings is 4. The first-order valence-electron chi connectivity index (χ1n) is 18.1. The van der Waals surface area contributed by atoms with Gasteiger partial charge in [-0.1, -0.05) is 144 Å². The molecule has 1 fully saturated rings. The molecule has 1 amide bonds. The molecule has 276 valence electrons. The first-order valence-corrected chi connectivity index (χ1v) is 20.2. The van der Waals surface area contributed by atoms with Crippen LogP contribution < -0.4 is 5.32 Å². The number of carbonyl (C=O) groups is 1. The maximum atomic E-state index is 16.9. The summed E-state index contributed by atoms with van der Waals surface area (Å²) in [7, 11) is -1.18. The fourth-order valence-electron chi connectivity index (χ4n) is 8.66. The molecule has 0 bridgehead atoms. The topological polar surface area (TPSA) is 61.8 Å². The fourth-order valence-corrected chi connectivity index (χ4v) is 9.99. The van der Waals surface area contributed by atoms with Gasteiger partial charge in [0.2, 0.25) is 5.91 Å². The lowest BCUT2D eigenvalue weighted by Crippen LogP contribution is -2.55. The van der Waals surface area contributed by atoms with Crippen LogP contribution in [0, 0.1) is 11.2 Å². The minimum atomic E-state index is -1.34. The largest absolute Gasteiger partial charge is 0.417 e.